The first kappa shape index (κ1) is 27.9. The van der Waals surface area contributed by atoms with E-state index in [1.165, 1.54) is 27.5 Å². The minimum absolute atomic E-state index is 0. The van der Waals surface area contributed by atoms with Crippen LogP contribution in [0.3, 0.4) is 0 Å². The van der Waals surface area contributed by atoms with Crippen molar-refractivity contribution >= 4 is 65.7 Å². The summed E-state index contributed by atoms with van der Waals surface area (Å²) in [6, 6.07) is 34.3. The molecule has 0 aliphatic rings. The molecule has 6 heterocycles. The van der Waals surface area contributed by atoms with Gasteiger partial charge in [-0.25, -0.2) is 4.98 Å². The molecule has 0 unspecified atom stereocenters. The van der Waals surface area contributed by atoms with E-state index in [1.54, 1.807) is 0 Å². The molecule has 47 heavy (non-hydrogen) atoms. The molecule has 0 spiro atoms. The Morgan fingerprint density at radius 2 is 1.38 bits per heavy atom. The van der Waals surface area contributed by atoms with Crippen LogP contribution in [0.5, 0.6) is 11.5 Å². The van der Waals surface area contributed by atoms with Crippen molar-refractivity contribution in [1.29, 1.82) is 0 Å². The molecule has 6 aromatic heterocycles. The predicted octanol–water partition coefficient (Wildman–Crippen LogP) is 9.56. The number of imidazole rings is 1. The van der Waals surface area contributed by atoms with E-state index in [-0.39, 0.29) is 21.1 Å². The van der Waals surface area contributed by atoms with Gasteiger partial charge in [-0.15, -0.1) is 23.6 Å². The first-order valence-corrected chi connectivity index (χ1v) is 15.4. The molecule has 0 saturated carbocycles. The number of hydrogen-bond donors (Lipinski definition) is 0. The Hall–Kier alpha value is -5.32. The summed E-state index contributed by atoms with van der Waals surface area (Å²) >= 11 is 0. The van der Waals surface area contributed by atoms with Crippen LogP contribution in [0.4, 0.5) is 0 Å². The molecule has 0 bridgehead atoms. The molecule has 10 rings (SSSR count). The van der Waals surface area contributed by atoms with E-state index in [9.17, 15) is 0 Å². The van der Waals surface area contributed by atoms with Gasteiger partial charge in [-0.05, 0) is 61.5 Å². The van der Waals surface area contributed by atoms with Gasteiger partial charge in [-0.3, -0.25) is 9.97 Å². The fourth-order valence-corrected chi connectivity index (χ4v) is 7.51. The molecular weight excluding hydrogens is 762 g/mol. The van der Waals surface area contributed by atoms with Gasteiger partial charge in [0.1, 0.15) is 5.65 Å². The Labute approximate surface area is 283 Å². The summed E-state index contributed by atoms with van der Waals surface area (Å²) < 4.78 is 10.8. The van der Waals surface area contributed by atoms with Crippen LogP contribution >= 0.6 is 0 Å². The monoisotopic (exact) mass is 786 g/mol. The van der Waals surface area contributed by atoms with Gasteiger partial charge in [0, 0.05) is 51.9 Å². The van der Waals surface area contributed by atoms with Gasteiger partial charge >= 0.3 is 21.1 Å². The van der Waals surface area contributed by atoms with Crippen LogP contribution in [0.2, 0.25) is 0 Å². The minimum Gasteiger partial charge on any atom is -0.503 e. The summed E-state index contributed by atoms with van der Waals surface area (Å²) in [6.07, 6.45) is 5.79. The third-order valence-electron chi connectivity index (χ3n) is 9.26. The summed E-state index contributed by atoms with van der Waals surface area (Å²) in [4.78, 5) is 14.7. The van der Waals surface area contributed by atoms with Crippen LogP contribution in [-0.2, 0) is 21.1 Å². The number of benzene rings is 4. The maximum Gasteiger partial charge on any atom is 2.00 e. The summed E-state index contributed by atoms with van der Waals surface area (Å²) in [5.74, 6) is 1.20. The van der Waals surface area contributed by atoms with Crippen molar-refractivity contribution < 1.29 is 25.8 Å². The molecule has 0 radical (unpaired) electrons. The molecule has 4 aromatic carbocycles. The van der Waals surface area contributed by atoms with E-state index in [4.69, 9.17) is 19.7 Å². The van der Waals surface area contributed by atoms with Crippen molar-refractivity contribution in [2.45, 2.75) is 20.8 Å². The smallest absolute Gasteiger partial charge is 0.503 e. The fraction of sp³-hybridized carbons (Fsp3) is 0.0750. The number of para-hydroxylation sites is 1. The summed E-state index contributed by atoms with van der Waals surface area (Å²) in [5.41, 5.74) is 11.5. The molecule has 6 nitrogen and oxygen atoms in total. The quantitative estimate of drug-likeness (QED) is 0.132. The van der Waals surface area contributed by atoms with Crippen molar-refractivity contribution in [3.05, 3.63) is 126 Å². The van der Waals surface area contributed by atoms with Crippen molar-refractivity contribution in [2.24, 2.45) is 0 Å². The third kappa shape index (κ3) is 3.91. The number of hydrogen-bond acceptors (Lipinski definition) is 4. The predicted molar refractivity (Wildman–Crippen MR) is 184 cm³/mol. The fourth-order valence-electron chi connectivity index (χ4n) is 7.51. The van der Waals surface area contributed by atoms with Crippen molar-refractivity contribution in [1.82, 2.24) is 23.8 Å². The largest absolute Gasteiger partial charge is 2.00 e. The third-order valence-corrected chi connectivity index (χ3v) is 9.26. The standard InChI is InChI=1S/C40H25N5O.Pt/c1-22-17-23(2)36(24(3)18-22)33-21-44-34-10-6-15-41-37(34)28-14-12-25(19-32(28)40(44)43-33)46-26-11-13-27-29-7-4-8-30-31-9-5-16-42-39(31)45(38(29)30)35(27)20-26;/h4-18,21H,1-3H3;/q-2;+2. The SMILES string of the molecule is Cc1cc(C)c(-c2cn3c4cccnc4c4ccc(Oc5[c-]c6c(cc5)c5cccc7c8cccnc8n6c57)[c-]c4c3n2)c(C)c1.[Pt+2]. The molecule has 226 valence electrons. The van der Waals surface area contributed by atoms with Crippen molar-refractivity contribution in [3.63, 3.8) is 0 Å². The average molecular weight is 787 g/mol. The molecule has 0 N–H and O–H groups in total. The van der Waals surface area contributed by atoms with E-state index in [1.807, 2.05) is 36.7 Å². The first-order chi connectivity index (χ1) is 22.5. The van der Waals surface area contributed by atoms with Crippen LogP contribution < -0.4 is 4.74 Å². The first-order valence-electron chi connectivity index (χ1n) is 15.4. The topological polar surface area (TPSA) is 56.7 Å². The van der Waals surface area contributed by atoms with E-state index in [0.29, 0.717) is 11.5 Å². The Morgan fingerprint density at radius 3 is 2.21 bits per heavy atom. The molecule has 0 aliphatic carbocycles. The van der Waals surface area contributed by atoms with Gasteiger partial charge in [0.05, 0.1) is 22.4 Å². The van der Waals surface area contributed by atoms with Crippen LogP contribution in [0, 0.1) is 32.9 Å². The van der Waals surface area contributed by atoms with Gasteiger partial charge in [0.15, 0.2) is 0 Å². The van der Waals surface area contributed by atoms with Gasteiger partial charge in [-0.2, -0.15) is 6.07 Å². The average Bonchev–Trinajstić information content (AvgIpc) is 3.74. The maximum absolute atomic E-state index is 6.50. The van der Waals surface area contributed by atoms with E-state index >= 15 is 0 Å². The molecular formula is C40H25N5OPt. The molecule has 0 fully saturated rings. The number of ether oxygens (including phenoxy) is 1. The van der Waals surface area contributed by atoms with E-state index in [2.05, 4.69) is 102 Å². The Bertz CT molecular complexity index is 2860. The van der Waals surface area contributed by atoms with Crippen molar-refractivity contribution in [2.75, 3.05) is 0 Å². The normalized spacial score (nSPS) is 12.0. The van der Waals surface area contributed by atoms with Gasteiger partial charge in [-0.1, -0.05) is 64.3 Å². The second kappa shape index (κ2) is 10.1. The Morgan fingerprint density at radius 1 is 0.681 bits per heavy atom. The van der Waals surface area contributed by atoms with Crippen LogP contribution in [0.1, 0.15) is 16.7 Å². The van der Waals surface area contributed by atoms with Crippen molar-refractivity contribution in [3.8, 4) is 22.8 Å². The van der Waals surface area contributed by atoms with Crippen LogP contribution in [0.25, 0.3) is 76.9 Å². The zero-order chi connectivity index (χ0) is 30.7. The molecule has 0 saturated heterocycles. The molecule has 7 heteroatoms. The number of pyridine rings is 3. The zero-order valence-corrected chi connectivity index (χ0v) is 28.0. The number of fused-ring (bicyclic) bond motifs is 12. The number of aryl methyl sites for hydroxylation is 3. The number of nitrogens with zero attached hydrogens (tertiary/aromatic N) is 5. The van der Waals surface area contributed by atoms with Gasteiger partial charge < -0.3 is 13.5 Å². The maximum atomic E-state index is 6.50. The van der Waals surface area contributed by atoms with Crippen LogP contribution in [-0.4, -0.2) is 23.8 Å². The van der Waals surface area contributed by atoms with E-state index < -0.39 is 0 Å². The Balaban J connectivity index is 0.00000302. The van der Waals surface area contributed by atoms with Crippen LogP contribution in [0.15, 0.2) is 97.5 Å². The Kier molecular flexibility index (Phi) is 6.00. The summed E-state index contributed by atoms with van der Waals surface area (Å²) in [7, 11) is 0. The molecule has 0 amide bonds. The second-order valence-electron chi connectivity index (χ2n) is 12.2. The summed E-state index contributed by atoms with van der Waals surface area (Å²) in [6.45, 7) is 6.43. The molecule has 10 aromatic rings. The molecule has 0 atom stereocenters. The minimum atomic E-state index is 0. The summed E-state index contributed by atoms with van der Waals surface area (Å²) in [5, 5.41) is 6.46. The zero-order valence-electron chi connectivity index (χ0n) is 25.7. The number of aromatic nitrogens is 5. The van der Waals surface area contributed by atoms with E-state index in [0.717, 1.165) is 66.2 Å². The molecule has 0 aliphatic heterocycles. The van der Waals surface area contributed by atoms with Gasteiger partial charge in [0.25, 0.3) is 0 Å². The number of rotatable bonds is 3. The second-order valence-corrected chi connectivity index (χ2v) is 12.2. The van der Waals surface area contributed by atoms with Gasteiger partial charge in [0.2, 0.25) is 0 Å².